The first-order valence-corrected chi connectivity index (χ1v) is 6.83. The Morgan fingerprint density at radius 1 is 1.39 bits per heavy atom. The number of hydrogen-bond donors (Lipinski definition) is 1. The van der Waals surface area contributed by atoms with E-state index in [0.717, 1.165) is 51.3 Å². The van der Waals surface area contributed by atoms with Crippen LogP contribution in [0.5, 0.6) is 0 Å². The molecule has 1 amide bonds. The van der Waals surface area contributed by atoms with Gasteiger partial charge in [-0.15, -0.1) is 0 Å². The summed E-state index contributed by atoms with van der Waals surface area (Å²) in [4.78, 5) is 23.7. The molecule has 3 rings (SSSR count). The second kappa shape index (κ2) is 5.10. The molecular weight excluding hydrogens is 228 g/mol. The summed E-state index contributed by atoms with van der Waals surface area (Å²) in [5.41, 5.74) is 0. The van der Waals surface area contributed by atoms with E-state index in [2.05, 4.69) is 19.8 Å². The molecule has 2 fully saturated rings. The van der Waals surface area contributed by atoms with Gasteiger partial charge in [-0.3, -0.25) is 9.69 Å². The van der Waals surface area contributed by atoms with Gasteiger partial charge in [0, 0.05) is 37.9 Å². The SMILES string of the molecule is O=C1CCCN1[C@@H]1CCCN(Cc2ncc[nH]2)C1. The third-order valence-corrected chi connectivity index (χ3v) is 3.96. The predicted molar refractivity (Wildman–Crippen MR) is 67.8 cm³/mol. The molecule has 98 valence electrons. The van der Waals surface area contributed by atoms with Gasteiger partial charge in [-0.1, -0.05) is 0 Å². The average Bonchev–Trinajstić information content (AvgIpc) is 3.01. The Hall–Kier alpha value is -1.36. The van der Waals surface area contributed by atoms with Crippen molar-refractivity contribution in [1.82, 2.24) is 19.8 Å². The highest BCUT2D eigenvalue weighted by atomic mass is 16.2. The summed E-state index contributed by atoms with van der Waals surface area (Å²) in [7, 11) is 0. The molecule has 18 heavy (non-hydrogen) atoms. The fourth-order valence-electron chi connectivity index (χ4n) is 3.08. The minimum Gasteiger partial charge on any atom is -0.348 e. The number of likely N-dealkylation sites (tertiary alicyclic amines) is 2. The van der Waals surface area contributed by atoms with Crippen LogP contribution in [0.2, 0.25) is 0 Å². The lowest BCUT2D eigenvalue weighted by Gasteiger charge is -2.37. The number of aromatic nitrogens is 2. The molecule has 1 atom stereocenters. The van der Waals surface area contributed by atoms with Crippen LogP contribution in [-0.4, -0.2) is 51.4 Å². The quantitative estimate of drug-likeness (QED) is 0.868. The minimum absolute atomic E-state index is 0.347. The maximum Gasteiger partial charge on any atom is 0.222 e. The zero-order chi connectivity index (χ0) is 12.4. The molecule has 0 aliphatic carbocycles. The number of rotatable bonds is 3. The number of carbonyl (C=O) groups excluding carboxylic acids is 1. The molecule has 0 bridgehead atoms. The first-order valence-electron chi connectivity index (χ1n) is 6.83. The normalized spacial score (nSPS) is 25.9. The van der Waals surface area contributed by atoms with Crippen LogP contribution in [0.15, 0.2) is 12.4 Å². The number of carbonyl (C=O) groups is 1. The van der Waals surface area contributed by atoms with Crippen molar-refractivity contribution in [2.45, 2.75) is 38.3 Å². The van der Waals surface area contributed by atoms with Crippen molar-refractivity contribution in [2.75, 3.05) is 19.6 Å². The lowest BCUT2D eigenvalue weighted by Crippen LogP contribution is -2.48. The zero-order valence-electron chi connectivity index (χ0n) is 10.6. The zero-order valence-corrected chi connectivity index (χ0v) is 10.6. The van der Waals surface area contributed by atoms with Crippen LogP contribution in [-0.2, 0) is 11.3 Å². The second-order valence-electron chi connectivity index (χ2n) is 5.26. The molecule has 2 saturated heterocycles. The molecule has 2 aliphatic heterocycles. The van der Waals surface area contributed by atoms with Crippen molar-refractivity contribution < 1.29 is 4.79 Å². The molecule has 1 aromatic heterocycles. The van der Waals surface area contributed by atoms with Gasteiger partial charge in [0.2, 0.25) is 5.91 Å². The van der Waals surface area contributed by atoms with Gasteiger partial charge in [0.1, 0.15) is 5.82 Å². The van der Waals surface area contributed by atoms with Crippen molar-refractivity contribution in [2.24, 2.45) is 0 Å². The smallest absolute Gasteiger partial charge is 0.222 e. The van der Waals surface area contributed by atoms with Gasteiger partial charge >= 0.3 is 0 Å². The highest BCUT2D eigenvalue weighted by Gasteiger charge is 2.31. The van der Waals surface area contributed by atoms with Gasteiger partial charge < -0.3 is 9.88 Å². The number of piperidine rings is 1. The summed E-state index contributed by atoms with van der Waals surface area (Å²) < 4.78 is 0. The fourth-order valence-corrected chi connectivity index (χ4v) is 3.08. The monoisotopic (exact) mass is 248 g/mol. The van der Waals surface area contributed by atoms with Gasteiger partial charge in [0.05, 0.1) is 6.54 Å². The average molecular weight is 248 g/mol. The molecule has 0 unspecified atom stereocenters. The standard InChI is InChI=1S/C13H20N4O/c18-13-4-2-8-17(13)11-3-1-7-16(9-11)10-12-14-5-6-15-12/h5-6,11H,1-4,7-10H2,(H,14,15)/t11-/m1/s1. The van der Waals surface area contributed by atoms with Crippen molar-refractivity contribution in [3.8, 4) is 0 Å². The van der Waals surface area contributed by atoms with E-state index in [-0.39, 0.29) is 0 Å². The predicted octanol–water partition coefficient (Wildman–Crippen LogP) is 0.996. The van der Waals surface area contributed by atoms with Crippen molar-refractivity contribution >= 4 is 5.91 Å². The molecule has 0 radical (unpaired) electrons. The summed E-state index contributed by atoms with van der Waals surface area (Å²) in [6.07, 6.45) is 7.76. The van der Waals surface area contributed by atoms with Gasteiger partial charge in [-0.25, -0.2) is 4.98 Å². The second-order valence-corrected chi connectivity index (χ2v) is 5.26. The van der Waals surface area contributed by atoms with E-state index >= 15 is 0 Å². The largest absolute Gasteiger partial charge is 0.348 e. The van der Waals surface area contributed by atoms with Gasteiger partial charge in [0.25, 0.3) is 0 Å². The van der Waals surface area contributed by atoms with Crippen LogP contribution in [0.25, 0.3) is 0 Å². The number of imidazole rings is 1. The van der Waals surface area contributed by atoms with E-state index in [9.17, 15) is 4.79 Å². The lowest BCUT2D eigenvalue weighted by molar-refractivity contribution is -0.130. The Labute approximate surface area is 107 Å². The number of nitrogens with zero attached hydrogens (tertiary/aromatic N) is 3. The summed E-state index contributed by atoms with van der Waals surface area (Å²) in [5.74, 6) is 1.36. The van der Waals surface area contributed by atoms with Gasteiger partial charge in [-0.2, -0.15) is 0 Å². The summed E-state index contributed by atoms with van der Waals surface area (Å²) >= 11 is 0. The molecule has 0 spiro atoms. The van der Waals surface area contributed by atoms with E-state index in [0.29, 0.717) is 11.9 Å². The Kier molecular flexibility index (Phi) is 3.32. The first-order chi connectivity index (χ1) is 8.83. The third kappa shape index (κ3) is 2.41. The third-order valence-electron chi connectivity index (χ3n) is 3.96. The number of nitrogens with one attached hydrogen (secondary N) is 1. The number of H-pyrrole nitrogens is 1. The molecule has 1 N–H and O–H groups in total. The van der Waals surface area contributed by atoms with Crippen LogP contribution in [0.1, 0.15) is 31.5 Å². The highest BCUT2D eigenvalue weighted by molar-refractivity contribution is 5.78. The van der Waals surface area contributed by atoms with Crippen LogP contribution in [0, 0.1) is 0 Å². The van der Waals surface area contributed by atoms with Crippen molar-refractivity contribution in [3.05, 3.63) is 18.2 Å². The summed E-state index contributed by atoms with van der Waals surface area (Å²) in [6.45, 7) is 3.93. The molecule has 0 saturated carbocycles. The Balaban J connectivity index is 1.59. The van der Waals surface area contributed by atoms with E-state index in [4.69, 9.17) is 0 Å². The highest BCUT2D eigenvalue weighted by Crippen LogP contribution is 2.22. The van der Waals surface area contributed by atoms with E-state index in [1.54, 1.807) is 6.20 Å². The van der Waals surface area contributed by atoms with Crippen LogP contribution >= 0.6 is 0 Å². The molecule has 1 aromatic rings. The maximum absolute atomic E-state index is 11.8. The van der Waals surface area contributed by atoms with Crippen LogP contribution in [0.4, 0.5) is 0 Å². The fraction of sp³-hybridized carbons (Fsp3) is 0.692. The molecule has 5 nitrogen and oxygen atoms in total. The van der Waals surface area contributed by atoms with Gasteiger partial charge in [0.15, 0.2) is 0 Å². The number of aromatic amines is 1. The molecule has 2 aliphatic rings. The van der Waals surface area contributed by atoms with Crippen LogP contribution < -0.4 is 0 Å². The number of hydrogen-bond acceptors (Lipinski definition) is 3. The Morgan fingerprint density at radius 2 is 2.33 bits per heavy atom. The summed E-state index contributed by atoms with van der Waals surface area (Å²) in [6, 6.07) is 0.420. The van der Waals surface area contributed by atoms with Crippen molar-refractivity contribution in [3.63, 3.8) is 0 Å². The van der Waals surface area contributed by atoms with Crippen molar-refractivity contribution in [1.29, 1.82) is 0 Å². The number of amides is 1. The summed E-state index contributed by atoms with van der Waals surface area (Å²) in [5, 5.41) is 0. The molecule has 5 heteroatoms. The molecule has 3 heterocycles. The Bertz CT molecular complexity index is 403. The van der Waals surface area contributed by atoms with E-state index < -0.39 is 0 Å². The van der Waals surface area contributed by atoms with Gasteiger partial charge in [-0.05, 0) is 25.8 Å². The Morgan fingerprint density at radius 3 is 3.06 bits per heavy atom. The lowest BCUT2D eigenvalue weighted by atomic mass is 10.0. The topological polar surface area (TPSA) is 52.2 Å². The molecular formula is C13H20N4O. The van der Waals surface area contributed by atoms with E-state index in [1.165, 1.54) is 6.42 Å². The first kappa shape index (κ1) is 11.7. The van der Waals surface area contributed by atoms with Crippen LogP contribution in [0.3, 0.4) is 0 Å². The molecule has 0 aromatic carbocycles. The van der Waals surface area contributed by atoms with E-state index in [1.807, 2.05) is 6.20 Å². The minimum atomic E-state index is 0.347. The maximum atomic E-state index is 11.8.